The maximum absolute atomic E-state index is 12.7. The van der Waals surface area contributed by atoms with Gasteiger partial charge in [-0.1, -0.05) is 42.5 Å². The maximum Gasteiger partial charge on any atom is 0.314 e. The molecule has 1 aliphatic rings. The van der Waals surface area contributed by atoms with Crippen LogP contribution in [0.5, 0.6) is 0 Å². The highest BCUT2D eigenvalue weighted by Gasteiger charge is 2.35. The number of carbonyl (C=O) groups excluding carboxylic acids is 3. The molecule has 0 fully saturated rings. The molecule has 2 heterocycles. The molecule has 7 heteroatoms. The summed E-state index contributed by atoms with van der Waals surface area (Å²) in [7, 11) is 0. The predicted molar refractivity (Wildman–Crippen MR) is 121 cm³/mol. The van der Waals surface area contributed by atoms with Gasteiger partial charge in [-0.05, 0) is 38.5 Å². The minimum Gasteiger partial charge on any atom is -0.424 e. The largest absolute Gasteiger partial charge is 0.424 e. The molecule has 1 aliphatic heterocycles. The van der Waals surface area contributed by atoms with E-state index >= 15 is 0 Å². The van der Waals surface area contributed by atoms with E-state index in [1.165, 1.54) is 4.90 Å². The summed E-state index contributed by atoms with van der Waals surface area (Å²) in [5.41, 5.74) is 2.37. The van der Waals surface area contributed by atoms with Gasteiger partial charge in [0.05, 0.1) is 16.5 Å². The first-order valence-electron chi connectivity index (χ1n) is 11.0. The molecule has 0 bridgehead atoms. The Bertz CT molecular complexity index is 1160. The minimum atomic E-state index is -0.582. The van der Waals surface area contributed by atoms with Gasteiger partial charge >= 0.3 is 5.97 Å². The lowest BCUT2D eigenvalue weighted by atomic mass is 9.98. The van der Waals surface area contributed by atoms with Crippen molar-refractivity contribution in [2.45, 2.75) is 40.5 Å². The van der Waals surface area contributed by atoms with Crippen LogP contribution in [0, 0.1) is 5.41 Å². The van der Waals surface area contributed by atoms with Crippen molar-refractivity contribution in [1.29, 1.82) is 0 Å². The number of rotatable bonds is 7. The molecule has 0 spiro atoms. The van der Waals surface area contributed by atoms with Crippen molar-refractivity contribution in [3.05, 3.63) is 89.5 Å². The lowest BCUT2D eigenvalue weighted by Crippen LogP contribution is -2.36. The number of fused-ring (bicyclic) bond motifs is 1. The Balaban J connectivity index is 1.52. The fourth-order valence-corrected chi connectivity index (χ4v) is 3.77. The van der Waals surface area contributed by atoms with Crippen molar-refractivity contribution in [1.82, 2.24) is 9.47 Å². The van der Waals surface area contributed by atoms with Crippen LogP contribution in [0.1, 0.15) is 52.7 Å². The fourth-order valence-electron chi connectivity index (χ4n) is 3.77. The number of benzene rings is 2. The second kappa shape index (κ2) is 9.02. The number of aromatic nitrogens is 2. The van der Waals surface area contributed by atoms with Crippen molar-refractivity contribution < 1.29 is 23.7 Å². The van der Waals surface area contributed by atoms with Gasteiger partial charge in [-0.3, -0.25) is 19.3 Å². The van der Waals surface area contributed by atoms with Crippen LogP contribution in [0.15, 0.2) is 67.1 Å². The zero-order valence-electron chi connectivity index (χ0n) is 19.2. The van der Waals surface area contributed by atoms with E-state index in [2.05, 4.69) is 4.57 Å². The number of amides is 2. The van der Waals surface area contributed by atoms with Crippen LogP contribution in [0.3, 0.4) is 0 Å². The number of imidazole rings is 1. The molecule has 2 aromatic carbocycles. The summed E-state index contributed by atoms with van der Waals surface area (Å²) >= 11 is 0. The van der Waals surface area contributed by atoms with Gasteiger partial charge in [0.2, 0.25) is 13.1 Å². The SMILES string of the molecule is CC(C)(C)C(=O)OC[n+]1cc(CCN2C(=O)c3ccccc3C2=O)n(Cc2ccccc2)c1. The third kappa shape index (κ3) is 4.87. The Morgan fingerprint density at radius 2 is 1.55 bits per heavy atom. The quantitative estimate of drug-likeness (QED) is 0.317. The lowest BCUT2D eigenvalue weighted by Gasteiger charge is -2.15. The van der Waals surface area contributed by atoms with Crippen molar-refractivity contribution in [2.75, 3.05) is 6.54 Å². The Hall–Kier alpha value is -3.74. The van der Waals surface area contributed by atoms with Crippen molar-refractivity contribution in [3.63, 3.8) is 0 Å². The summed E-state index contributed by atoms with van der Waals surface area (Å²) in [6.07, 6.45) is 4.27. The Morgan fingerprint density at radius 1 is 0.939 bits per heavy atom. The van der Waals surface area contributed by atoms with E-state index in [0.29, 0.717) is 24.1 Å². The van der Waals surface area contributed by atoms with Crippen LogP contribution < -0.4 is 4.57 Å². The number of hydrogen-bond donors (Lipinski definition) is 0. The first-order chi connectivity index (χ1) is 15.7. The molecular formula is C26H28N3O4+. The Morgan fingerprint density at radius 3 is 2.15 bits per heavy atom. The number of esters is 1. The molecular weight excluding hydrogens is 418 g/mol. The first kappa shape index (κ1) is 22.5. The van der Waals surface area contributed by atoms with Gasteiger partial charge in [-0.15, -0.1) is 0 Å². The average molecular weight is 447 g/mol. The zero-order valence-corrected chi connectivity index (χ0v) is 19.2. The van der Waals surface area contributed by atoms with Gasteiger partial charge in [0, 0.05) is 13.0 Å². The van der Waals surface area contributed by atoms with Crippen LogP contribution in [0.2, 0.25) is 0 Å². The molecule has 0 radical (unpaired) electrons. The van der Waals surface area contributed by atoms with E-state index in [0.717, 1.165) is 11.3 Å². The highest BCUT2D eigenvalue weighted by Crippen LogP contribution is 2.22. The average Bonchev–Trinajstić information content (AvgIpc) is 3.29. The van der Waals surface area contributed by atoms with Gasteiger partial charge in [0.1, 0.15) is 18.4 Å². The normalized spacial score (nSPS) is 13.4. The molecule has 4 rings (SSSR count). The molecule has 33 heavy (non-hydrogen) atoms. The zero-order chi connectivity index (χ0) is 23.6. The molecule has 0 unspecified atom stereocenters. The van der Waals surface area contributed by atoms with E-state index in [9.17, 15) is 14.4 Å². The second-order valence-electron chi connectivity index (χ2n) is 9.23. The van der Waals surface area contributed by atoms with Crippen LogP contribution in [0.4, 0.5) is 0 Å². The van der Waals surface area contributed by atoms with Crippen molar-refractivity contribution in [3.8, 4) is 0 Å². The fraction of sp³-hybridized carbons (Fsp3) is 0.308. The monoisotopic (exact) mass is 446 g/mol. The molecule has 7 nitrogen and oxygen atoms in total. The van der Waals surface area contributed by atoms with Gasteiger partial charge in [0.25, 0.3) is 11.8 Å². The van der Waals surface area contributed by atoms with E-state index in [1.54, 1.807) is 24.3 Å². The lowest BCUT2D eigenvalue weighted by molar-refractivity contribution is -0.727. The number of carbonyl (C=O) groups is 3. The first-order valence-corrected chi connectivity index (χ1v) is 11.0. The van der Waals surface area contributed by atoms with Crippen LogP contribution in [0.25, 0.3) is 0 Å². The minimum absolute atomic E-state index is 0.0951. The molecule has 0 aliphatic carbocycles. The van der Waals surface area contributed by atoms with E-state index in [-0.39, 0.29) is 31.1 Å². The molecule has 1 aromatic heterocycles. The smallest absolute Gasteiger partial charge is 0.314 e. The standard InChI is InChI=1S/C26H28N3O4/c1-26(2,3)25(32)33-18-27-16-20(28(17-27)15-19-9-5-4-6-10-19)13-14-29-23(30)21-11-7-8-12-22(21)24(29)31/h4-12,16-17H,13-15,18H2,1-3H3/q+1. The number of hydrogen-bond acceptors (Lipinski definition) is 4. The van der Waals surface area contributed by atoms with Gasteiger partial charge in [-0.25, -0.2) is 9.13 Å². The highest BCUT2D eigenvalue weighted by molar-refractivity contribution is 6.21. The Kier molecular flexibility index (Phi) is 6.14. The summed E-state index contributed by atoms with van der Waals surface area (Å²) in [4.78, 5) is 38.9. The van der Waals surface area contributed by atoms with E-state index < -0.39 is 5.41 Å². The number of nitrogens with zero attached hydrogens (tertiary/aromatic N) is 3. The van der Waals surface area contributed by atoms with Crippen LogP contribution >= 0.6 is 0 Å². The van der Waals surface area contributed by atoms with Crippen LogP contribution in [-0.4, -0.2) is 33.8 Å². The Labute approximate surface area is 193 Å². The van der Waals surface area contributed by atoms with Gasteiger partial charge in [0.15, 0.2) is 0 Å². The summed E-state index contributed by atoms with van der Waals surface area (Å²) in [5.74, 6) is -0.800. The molecule has 0 saturated heterocycles. The molecule has 2 amide bonds. The van der Waals surface area contributed by atoms with Gasteiger partial charge in [-0.2, -0.15) is 0 Å². The van der Waals surface area contributed by atoms with Gasteiger partial charge < -0.3 is 4.74 Å². The summed E-state index contributed by atoms with van der Waals surface area (Å²) in [6, 6.07) is 16.9. The molecule has 170 valence electrons. The van der Waals surface area contributed by atoms with E-state index in [4.69, 9.17) is 4.74 Å². The van der Waals surface area contributed by atoms with Crippen molar-refractivity contribution >= 4 is 17.8 Å². The molecule has 0 saturated carbocycles. The van der Waals surface area contributed by atoms with E-state index in [1.807, 2.05) is 68.2 Å². The molecule has 3 aromatic rings. The third-order valence-electron chi connectivity index (χ3n) is 5.59. The second-order valence-corrected chi connectivity index (χ2v) is 9.23. The topological polar surface area (TPSA) is 72.5 Å². The predicted octanol–water partition coefficient (Wildman–Crippen LogP) is 3.21. The molecule has 0 atom stereocenters. The van der Waals surface area contributed by atoms with Crippen molar-refractivity contribution in [2.24, 2.45) is 5.41 Å². The number of ether oxygens (including phenoxy) is 1. The third-order valence-corrected chi connectivity index (χ3v) is 5.59. The van der Waals surface area contributed by atoms with Crippen LogP contribution in [-0.2, 0) is 29.2 Å². The maximum atomic E-state index is 12.7. The summed E-state index contributed by atoms with van der Waals surface area (Å²) in [6.45, 7) is 6.43. The summed E-state index contributed by atoms with van der Waals surface area (Å²) in [5, 5.41) is 0. The highest BCUT2D eigenvalue weighted by atomic mass is 16.5. The number of imide groups is 1. The summed E-state index contributed by atoms with van der Waals surface area (Å²) < 4.78 is 9.32. The molecule has 0 N–H and O–H groups in total.